The maximum absolute atomic E-state index is 14.1. The number of halogens is 1. The highest BCUT2D eigenvalue weighted by Crippen LogP contribution is 2.61. The molecule has 0 saturated carbocycles. The molecule has 0 aliphatic carbocycles. The molecule has 210 valence electrons. The summed E-state index contributed by atoms with van der Waals surface area (Å²) < 4.78 is 61.3. The number of nitrogens with one attached hydrogen (secondary N) is 1. The van der Waals surface area contributed by atoms with Crippen LogP contribution in [0.2, 0.25) is 0 Å². The number of ether oxygens (including phenoxy) is 2. The first-order valence-corrected chi connectivity index (χ1v) is 12.9. The summed E-state index contributed by atoms with van der Waals surface area (Å²) >= 11 is 0. The van der Waals surface area contributed by atoms with Crippen LogP contribution >= 0.6 is 15.6 Å². The van der Waals surface area contributed by atoms with Gasteiger partial charge in [-0.15, -0.1) is 0 Å². The molecule has 0 amide bonds. The van der Waals surface area contributed by atoms with Crippen molar-refractivity contribution in [3.63, 3.8) is 0 Å². The molecule has 2 unspecified atom stereocenters. The zero-order valence-corrected chi connectivity index (χ0v) is 19.8. The maximum Gasteiger partial charge on any atom is 0.483 e. The van der Waals surface area contributed by atoms with E-state index in [9.17, 15) is 58.1 Å². The minimum Gasteiger partial charge on any atom is -0.479 e. The number of aliphatic hydroxyl groups excluding tert-OH is 4. The Morgan fingerprint density at radius 2 is 1.70 bits per heavy atom. The molecule has 8 N–H and O–H groups in total. The number of hydrogen-bond donors (Lipinski definition) is 8. The van der Waals surface area contributed by atoms with Gasteiger partial charge in [0.2, 0.25) is 6.29 Å². The van der Waals surface area contributed by atoms with Gasteiger partial charge in [-0.1, -0.05) is 0 Å². The van der Waals surface area contributed by atoms with Crippen molar-refractivity contribution in [1.82, 2.24) is 9.55 Å². The highest BCUT2D eigenvalue weighted by atomic mass is 31.3. The lowest BCUT2D eigenvalue weighted by Crippen LogP contribution is -2.58. The van der Waals surface area contributed by atoms with Gasteiger partial charge in [0, 0.05) is 12.3 Å². The number of hydrogen-bond acceptors (Lipinski definition) is 14. The van der Waals surface area contributed by atoms with Gasteiger partial charge in [-0.2, -0.15) is 4.31 Å². The molecule has 0 spiro atoms. The van der Waals surface area contributed by atoms with Crippen LogP contribution in [0.4, 0.5) is 4.39 Å². The molecule has 3 rings (SSSR count). The number of aliphatic carboxylic acids is 1. The third-order valence-electron chi connectivity index (χ3n) is 5.08. The molecule has 2 fully saturated rings. The second-order valence-electron chi connectivity index (χ2n) is 7.67. The fourth-order valence-corrected chi connectivity index (χ4v) is 5.46. The molecule has 1 aromatic heterocycles. The molecule has 37 heavy (non-hydrogen) atoms. The molecule has 1 aromatic rings. The number of aromatic nitrogens is 2. The lowest BCUT2D eigenvalue weighted by Gasteiger charge is -2.37. The molecule has 0 radical (unpaired) electrons. The summed E-state index contributed by atoms with van der Waals surface area (Å²) in [6.07, 6.45) is -18.4. The lowest BCUT2D eigenvalue weighted by molar-refractivity contribution is -0.259. The zero-order valence-electron chi connectivity index (χ0n) is 18.0. The average Bonchev–Trinajstić information content (AvgIpc) is 3.05. The Hall–Kier alpha value is -1.90. The van der Waals surface area contributed by atoms with Crippen molar-refractivity contribution >= 4 is 21.6 Å². The topological polar surface area (TPSA) is 294 Å². The second kappa shape index (κ2) is 11.1. The van der Waals surface area contributed by atoms with E-state index in [-0.39, 0.29) is 0 Å². The third kappa shape index (κ3) is 6.76. The summed E-state index contributed by atoms with van der Waals surface area (Å²) in [5.74, 6) is -1.91. The van der Waals surface area contributed by atoms with Crippen LogP contribution in [0, 0.1) is 0 Å². The van der Waals surface area contributed by atoms with E-state index in [0.29, 0.717) is 4.57 Å². The highest BCUT2D eigenvalue weighted by molar-refractivity contribution is 7.61. The quantitative estimate of drug-likeness (QED) is 0.130. The Bertz CT molecular complexity index is 1210. The van der Waals surface area contributed by atoms with E-state index in [1.165, 1.54) is 0 Å². The van der Waals surface area contributed by atoms with Gasteiger partial charge >= 0.3 is 27.3 Å². The summed E-state index contributed by atoms with van der Waals surface area (Å²) in [6, 6.07) is 0.901. The SMILES string of the molecule is O=C(O)[C@H]1O[C@@H](OP(=O)(O)OP(=O)(O)OC[C@H]2O[C@@H](n3ccc(=O)[nH]c3=O)[C@H](O)[C@@H]2O)[C@H](F)[C@@H](O)[C@@H]1O. The standard InChI is InChI=1S/C15H21FN2O17P2/c16-6-8(21)9(22)11(13(24)25)33-14(6)34-37(29,30)35-36(27,28)31-3-4-7(20)10(23)12(32-4)18-2-1-5(19)17-15(18)26/h1-2,4,6-12,14,20-23H,3H2,(H,24,25)(H,27,28)(H,29,30)(H,17,19,26)/t4-,6-,7-,8-,9+,10-,11+,12-,14+/m1/s1. The summed E-state index contributed by atoms with van der Waals surface area (Å²) in [5, 5.41) is 48.2. The largest absolute Gasteiger partial charge is 0.483 e. The Balaban J connectivity index is 1.63. The second-order valence-corrected chi connectivity index (χ2v) is 10.7. The summed E-state index contributed by atoms with van der Waals surface area (Å²) in [6.45, 7) is -1.10. The fourth-order valence-electron chi connectivity index (χ4n) is 3.31. The van der Waals surface area contributed by atoms with E-state index >= 15 is 0 Å². The van der Waals surface area contributed by atoms with Gasteiger partial charge < -0.3 is 44.8 Å². The van der Waals surface area contributed by atoms with Crippen molar-refractivity contribution in [3.8, 4) is 0 Å². The monoisotopic (exact) mass is 582 g/mol. The minimum atomic E-state index is -5.80. The van der Waals surface area contributed by atoms with Crippen LogP contribution in [0.15, 0.2) is 21.9 Å². The zero-order chi connectivity index (χ0) is 27.9. The number of carboxylic acids is 1. The predicted octanol–water partition coefficient (Wildman–Crippen LogP) is -3.72. The van der Waals surface area contributed by atoms with E-state index in [1.807, 2.05) is 4.98 Å². The number of alkyl halides is 1. The molecular weight excluding hydrogens is 561 g/mol. The van der Waals surface area contributed by atoms with Gasteiger partial charge in [0.25, 0.3) is 5.56 Å². The first kappa shape index (κ1) is 29.7. The molecule has 2 saturated heterocycles. The van der Waals surface area contributed by atoms with Gasteiger partial charge in [0.1, 0.15) is 30.5 Å². The number of nitrogens with zero attached hydrogens (tertiary/aromatic N) is 1. The molecular formula is C15H21FN2O17P2. The number of H-pyrrole nitrogens is 1. The van der Waals surface area contributed by atoms with Crippen LogP contribution in [-0.4, -0.2) is 107 Å². The minimum absolute atomic E-state index is 0.688. The van der Waals surface area contributed by atoms with Gasteiger partial charge in [-0.3, -0.25) is 23.4 Å². The number of aromatic amines is 1. The first-order chi connectivity index (χ1) is 17.0. The smallest absolute Gasteiger partial charge is 0.479 e. The summed E-state index contributed by atoms with van der Waals surface area (Å²) in [5.41, 5.74) is -1.80. The predicted molar refractivity (Wildman–Crippen MR) is 108 cm³/mol. The molecule has 2 aliphatic rings. The fraction of sp³-hybridized carbons (Fsp3) is 0.667. The Labute approximate surface area is 203 Å². The Kier molecular flexibility index (Phi) is 8.87. The molecule has 0 aromatic carbocycles. The molecule has 22 heteroatoms. The van der Waals surface area contributed by atoms with Crippen molar-refractivity contribution in [1.29, 1.82) is 0 Å². The van der Waals surface area contributed by atoms with Gasteiger partial charge in [-0.25, -0.2) is 23.1 Å². The van der Waals surface area contributed by atoms with E-state index in [4.69, 9.17) is 9.84 Å². The van der Waals surface area contributed by atoms with Crippen LogP contribution in [0.25, 0.3) is 0 Å². The van der Waals surface area contributed by atoms with E-state index in [0.717, 1.165) is 12.3 Å². The van der Waals surface area contributed by atoms with Crippen LogP contribution in [0.1, 0.15) is 6.23 Å². The van der Waals surface area contributed by atoms with Crippen molar-refractivity contribution in [2.75, 3.05) is 6.61 Å². The third-order valence-corrected chi connectivity index (χ3v) is 7.68. The Morgan fingerprint density at radius 1 is 1.05 bits per heavy atom. The molecule has 19 nitrogen and oxygen atoms in total. The van der Waals surface area contributed by atoms with Crippen molar-refractivity contribution in [2.24, 2.45) is 0 Å². The number of aliphatic hydroxyl groups is 4. The molecule has 2 aliphatic heterocycles. The van der Waals surface area contributed by atoms with Crippen LogP contribution in [-0.2, 0) is 36.8 Å². The van der Waals surface area contributed by atoms with Crippen molar-refractivity contribution in [2.45, 2.75) is 55.3 Å². The number of carboxylic acid groups (broad SMARTS) is 1. The number of phosphoric ester groups is 2. The maximum atomic E-state index is 14.1. The highest BCUT2D eigenvalue weighted by Gasteiger charge is 2.52. The Morgan fingerprint density at radius 3 is 2.30 bits per heavy atom. The summed E-state index contributed by atoms with van der Waals surface area (Å²) in [4.78, 5) is 55.4. The van der Waals surface area contributed by atoms with Crippen LogP contribution in [0.3, 0.4) is 0 Å². The van der Waals surface area contributed by atoms with Gasteiger partial charge in [0.15, 0.2) is 18.5 Å². The number of rotatable bonds is 9. The normalized spacial score (nSPS) is 37.5. The van der Waals surface area contributed by atoms with Crippen LogP contribution in [0.5, 0.6) is 0 Å². The molecule has 0 bridgehead atoms. The lowest BCUT2D eigenvalue weighted by atomic mass is 10.0. The number of phosphoric acid groups is 2. The van der Waals surface area contributed by atoms with Gasteiger partial charge in [0.05, 0.1) is 6.61 Å². The van der Waals surface area contributed by atoms with Crippen molar-refractivity contribution < 1.29 is 76.5 Å². The van der Waals surface area contributed by atoms with Crippen molar-refractivity contribution in [3.05, 3.63) is 33.1 Å². The molecule has 3 heterocycles. The first-order valence-electron chi connectivity index (χ1n) is 9.94. The van der Waals surface area contributed by atoms with E-state index in [1.54, 1.807) is 0 Å². The van der Waals surface area contributed by atoms with Gasteiger partial charge in [-0.05, 0) is 0 Å². The molecule has 11 atom stereocenters. The summed E-state index contributed by atoms with van der Waals surface area (Å²) in [7, 11) is -11.4. The number of carbonyl (C=O) groups is 1. The van der Waals surface area contributed by atoms with Crippen LogP contribution < -0.4 is 11.2 Å². The average molecular weight is 582 g/mol. The van der Waals surface area contributed by atoms with E-state index < -0.39 is 94.8 Å². The van der Waals surface area contributed by atoms with E-state index in [2.05, 4.69) is 18.1 Å².